The van der Waals surface area contributed by atoms with Gasteiger partial charge in [0, 0.05) is 22.7 Å². The first-order valence-corrected chi connectivity index (χ1v) is 9.63. The second kappa shape index (κ2) is 10.2. The molecule has 0 unspecified atom stereocenters. The molecule has 0 aromatic heterocycles. The van der Waals surface area contributed by atoms with Gasteiger partial charge in [0.2, 0.25) is 0 Å². The summed E-state index contributed by atoms with van der Waals surface area (Å²) in [5, 5.41) is 24.9. The quantitative estimate of drug-likeness (QED) is 0.175. The fourth-order valence-corrected chi connectivity index (χ4v) is 2.90. The van der Waals surface area contributed by atoms with Gasteiger partial charge in [-0.1, -0.05) is 23.7 Å². The van der Waals surface area contributed by atoms with Crippen LogP contribution in [-0.2, 0) is 0 Å². The molecule has 33 heavy (non-hydrogen) atoms. The number of halogens is 1. The van der Waals surface area contributed by atoms with Gasteiger partial charge in [0.05, 0.1) is 23.8 Å². The molecule has 0 heterocycles. The number of carbonyl (C=O) groups is 2. The Morgan fingerprint density at radius 2 is 1.82 bits per heavy atom. The number of nitro benzene ring substituents is 1. The topological polar surface area (TPSA) is 140 Å². The summed E-state index contributed by atoms with van der Waals surface area (Å²) >= 11 is 5.95. The molecule has 3 aromatic rings. The number of nitro groups is 1. The number of nitrogens with one attached hydrogen (secondary N) is 1. The molecule has 3 aromatic carbocycles. The molecular formula is C22H16ClN3O7. The smallest absolute Gasteiger partial charge is 0.347 e. The number of esters is 1. The SMILES string of the molecule is COc1ccc(Cl)cc1C(=O)Oc1ccc([N+](=O)[O-])cc1/C=N/NC(=O)c1ccccc1O. The third-order valence-corrected chi connectivity index (χ3v) is 4.54. The maximum Gasteiger partial charge on any atom is 0.347 e. The van der Waals surface area contributed by atoms with Crippen molar-refractivity contribution in [1.29, 1.82) is 0 Å². The van der Waals surface area contributed by atoms with E-state index in [2.05, 4.69) is 10.5 Å². The number of non-ortho nitro benzene ring substituents is 1. The third-order valence-electron chi connectivity index (χ3n) is 4.31. The number of hydrogen-bond donors (Lipinski definition) is 2. The molecule has 0 spiro atoms. The molecular weight excluding hydrogens is 454 g/mol. The zero-order valence-corrected chi connectivity index (χ0v) is 17.8. The van der Waals surface area contributed by atoms with Crippen molar-refractivity contribution in [3.05, 3.63) is 92.5 Å². The van der Waals surface area contributed by atoms with Crippen molar-refractivity contribution in [3.8, 4) is 17.2 Å². The lowest BCUT2D eigenvalue weighted by Crippen LogP contribution is -2.18. The van der Waals surface area contributed by atoms with E-state index >= 15 is 0 Å². The predicted molar refractivity (Wildman–Crippen MR) is 119 cm³/mol. The first-order chi connectivity index (χ1) is 15.8. The molecule has 2 N–H and O–H groups in total. The molecule has 0 saturated carbocycles. The summed E-state index contributed by atoms with van der Waals surface area (Å²) in [5.41, 5.74) is 1.97. The van der Waals surface area contributed by atoms with Gasteiger partial charge in [-0.25, -0.2) is 10.2 Å². The maximum absolute atomic E-state index is 12.7. The monoisotopic (exact) mass is 469 g/mol. The minimum absolute atomic E-state index is 0.0200. The highest BCUT2D eigenvalue weighted by Crippen LogP contribution is 2.27. The first kappa shape index (κ1) is 23.2. The molecule has 0 saturated heterocycles. The standard InChI is InChI=1S/C22H16ClN3O7/c1-32-20-8-6-14(23)11-17(20)22(29)33-19-9-7-15(26(30)31)10-13(19)12-24-25-21(28)16-4-2-3-5-18(16)27/h2-12,27H,1H3,(H,25,28)/b24-12+. The number of aromatic hydroxyl groups is 1. The van der Waals surface area contributed by atoms with Crippen molar-refractivity contribution in [2.24, 2.45) is 5.10 Å². The van der Waals surface area contributed by atoms with Crippen LogP contribution in [0.3, 0.4) is 0 Å². The van der Waals surface area contributed by atoms with Crippen molar-refractivity contribution < 1.29 is 29.1 Å². The number of para-hydroxylation sites is 1. The van der Waals surface area contributed by atoms with Crippen molar-refractivity contribution >= 4 is 35.4 Å². The minimum atomic E-state index is -0.823. The molecule has 0 aliphatic rings. The van der Waals surface area contributed by atoms with Crippen LogP contribution in [0.2, 0.25) is 5.02 Å². The highest BCUT2D eigenvalue weighted by atomic mass is 35.5. The summed E-state index contributed by atoms with van der Waals surface area (Å²) < 4.78 is 10.5. The maximum atomic E-state index is 12.7. The normalized spacial score (nSPS) is 10.6. The fraction of sp³-hybridized carbons (Fsp3) is 0.0455. The Kier molecular flexibility index (Phi) is 7.21. The van der Waals surface area contributed by atoms with Crippen molar-refractivity contribution in [2.45, 2.75) is 0 Å². The number of phenols is 1. The van der Waals surface area contributed by atoms with E-state index in [1.54, 1.807) is 12.1 Å². The summed E-state index contributed by atoms with van der Waals surface area (Å²) in [5.74, 6) is -1.62. The number of benzene rings is 3. The average molecular weight is 470 g/mol. The van der Waals surface area contributed by atoms with E-state index in [4.69, 9.17) is 21.1 Å². The van der Waals surface area contributed by atoms with Crippen LogP contribution in [0.5, 0.6) is 17.2 Å². The average Bonchev–Trinajstić information content (AvgIpc) is 2.80. The van der Waals surface area contributed by atoms with Crippen LogP contribution in [0, 0.1) is 10.1 Å². The van der Waals surface area contributed by atoms with E-state index in [0.29, 0.717) is 0 Å². The van der Waals surface area contributed by atoms with Gasteiger partial charge >= 0.3 is 5.97 Å². The highest BCUT2D eigenvalue weighted by Gasteiger charge is 2.19. The van der Waals surface area contributed by atoms with E-state index in [9.17, 15) is 24.8 Å². The Labute approximate surface area is 192 Å². The van der Waals surface area contributed by atoms with Gasteiger partial charge in [-0.05, 0) is 36.4 Å². The summed E-state index contributed by atoms with van der Waals surface area (Å²) in [4.78, 5) is 35.4. The molecule has 3 rings (SSSR count). The molecule has 0 aliphatic heterocycles. The zero-order valence-electron chi connectivity index (χ0n) is 17.0. The summed E-state index contributed by atoms with van der Waals surface area (Å²) in [6.07, 6.45) is 1.07. The molecule has 168 valence electrons. The summed E-state index contributed by atoms with van der Waals surface area (Å²) in [6.45, 7) is 0. The van der Waals surface area contributed by atoms with Gasteiger partial charge in [-0.2, -0.15) is 5.10 Å². The van der Waals surface area contributed by atoms with Crippen LogP contribution in [0.25, 0.3) is 0 Å². The number of hydrazone groups is 1. The largest absolute Gasteiger partial charge is 0.507 e. The summed E-state index contributed by atoms with van der Waals surface area (Å²) in [7, 11) is 1.37. The zero-order chi connectivity index (χ0) is 24.0. The Hall–Kier alpha value is -4.44. The molecule has 1 amide bonds. The number of ether oxygens (including phenoxy) is 2. The lowest BCUT2D eigenvalue weighted by Gasteiger charge is -2.10. The molecule has 0 atom stereocenters. The number of amides is 1. The van der Waals surface area contributed by atoms with E-state index in [-0.39, 0.29) is 44.6 Å². The Morgan fingerprint density at radius 3 is 2.52 bits per heavy atom. The number of carbonyl (C=O) groups excluding carboxylic acids is 2. The van der Waals surface area contributed by atoms with Crippen molar-refractivity contribution in [1.82, 2.24) is 5.43 Å². The highest BCUT2D eigenvalue weighted by molar-refractivity contribution is 6.31. The van der Waals surface area contributed by atoms with Crippen LogP contribution < -0.4 is 14.9 Å². The molecule has 0 fully saturated rings. The predicted octanol–water partition coefficient (Wildman–Crippen LogP) is 3.95. The molecule has 0 radical (unpaired) electrons. The minimum Gasteiger partial charge on any atom is -0.507 e. The van der Waals surface area contributed by atoms with E-state index in [0.717, 1.165) is 18.3 Å². The van der Waals surface area contributed by atoms with Crippen LogP contribution in [0.1, 0.15) is 26.3 Å². The van der Waals surface area contributed by atoms with Crippen LogP contribution in [-0.4, -0.2) is 35.2 Å². The molecule has 0 bridgehead atoms. The van der Waals surface area contributed by atoms with Crippen molar-refractivity contribution in [2.75, 3.05) is 7.11 Å². The summed E-state index contributed by atoms with van der Waals surface area (Å²) in [6, 6.07) is 13.7. The number of hydrogen-bond acceptors (Lipinski definition) is 8. The van der Waals surface area contributed by atoms with Gasteiger partial charge in [-0.15, -0.1) is 0 Å². The van der Waals surface area contributed by atoms with Gasteiger partial charge < -0.3 is 14.6 Å². The van der Waals surface area contributed by atoms with E-state index in [1.807, 2.05) is 0 Å². The molecule has 0 aliphatic carbocycles. The fourth-order valence-electron chi connectivity index (χ4n) is 2.72. The third kappa shape index (κ3) is 5.63. The number of nitrogens with zero attached hydrogens (tertiary/aromatic N) is 2. The van der Waals surface area contributed by atoms with Gasteiger partial charge in [0.1, 0.15) is 22.8 Å². The van der Waals surface area contributed by atoms with Gasteiger partial charge in [0.25, 0.3) is 11.6 Å². The second-order valence-corrected chi connectivity index (χ2v) is 6.87. The lowest BCUT2D eigenvalue weighted by atomic mass is 10.1. The number of phenolic OH excluding ortho intramolecular Hbond substituents is 1. The molecule has 11 heteroatoms. The molecule has 10 nitrogen and oxygen atoms in total. The van der Waals surface area contributed by atoms with Crippen LogP contribution in [0.15, 0.2) is 65.8 Å². The second-order valence-electron chi connectivity index (χ2n) is 6.43. The van der Waals surface area contributed by atoms with Crippen LogP contribution in [0.4, 0.5) is 5.69 Å². The number of methoxy groups -OCH3 is 1. The van der Waals surface area contributed by atoms with Crippen molar-refractivity contribution in [3.63, 3.8) is 0 Å². The Balaban J connectivity index is 1.87. The Morgan fingerprint density at radius 1 is 1.09 bits per heavy atom. The van der Waals surface area contributed by atoms with E-state index in [1.165, 1.54) is 43.5 Å². The first-order valence-electron chi connectivity index (χ1n) is 9.25. The van der Waals surface area contributed by atoms with Gasteiger partial charge in [-0.3, -0.25) is 14.9 Å². The van der Waals surface area contributed by atoms with Gasteiger partial charge in [0.15, 0.2) is 0 Å². The lowest BCUT2D eigenvalue weighted by molar-refractivity contribution is -0.384. The Bertz CT molecular complexity index is 1260. The van der Waals surface area contributed by atoms with Crippen LogP contribution >= 0.6 is 11.6 Å². The number of rotatable bonds is 7. The van der Waals surface area contributed by atoms with E-state index < -0.39 is 16.8 Å².